The Bertz CT molecular complexity index is 637. The number of esters is 1. The Balaban J connectivity index is 2.84. The molecule has 5 N–H and O–H groups in total. The number of ether oxygens (including phenoxy) is 1. The summed E-state index contributed by atoms with van der Waals surface area (Å²) in [5.41, 5.74) is -3.97. The molecule has 0 bridgehead atoms. The van der Waals surface area contributed by atoms with Crippen LogP contribution < -0.4 is 0 Å². The highest BCUT2D eigenvalue weighted by Crippen LogP contribution is 2.49. The first-order valence-corrected chi connectivity index (χ1v) is 9.06. The van der Waals surface area contributed by atoms with Gasteiger partial charge in [-0.3, -0.25) is 9.59 Å². The number of aliphatic carboxylic acids is 2. The van der Waals surface area contributed by atoms with E-state index in [4.69, 9.17) is 14.9 Å². The summed E-state index contributed by atoms with van der Waals surface area (Å²) in [5.74, 6) is -3.82. The molecular formula is C19H30O9. The molecule has 0 aromatic carbocycles. The number of carboxylic acids is 2. The van der Waals surface area contributed by atoms with Crippen molar-refractivity contribution in [3.05, 3.63) is 12.2 Å². The summed E-state index contributed by atoms with van der Waals surface area (Å²) >= 11 is 0. The van der Waals surface area contributed by atoms with Gasteiger partial charge in [0.25, 0.3) is 0 Å². The molecule has 0 aliphatic heterocycles. The number of carbonyl (C=O) groups excluding carboxylic acids is 1. The van der Waals surface area contributed by atoms with Crippen LogP contribution in [-0.4, -0.2) is 66.9 Å². The molecule has 0 aromatic heterocycles. The molecule has 1 aliphatic rings. The van der Waals surface area contributed by atoms with Crippen LogP contribution >= 0.6 is 0 Å². The van der Waals surface area contributed by atoms with Crippen LogP contribution in [0.3, 0.4) is 0 Å². The number of hydrogen-bond acceptors (Lipinski definition) is 7. The Morgan fingerprint density at radius 3 is 2.29 bits per heavy atom. The second-order valence-corrected chi connectivity index (χ2v) is 8.55. The summed E-state index contributed by atoms with van der Waals surface area (Å²) in [6.45, 7) is 6.44. The zero-order valence-electron chi connectivity index (χ0n) is 16.6. The van der Waals surface area contributed by atoms with Gasteiger partial charge in [-0.15, -0.1) is 0 Å². The monoisotopic (exact) mass is 402 g/mol. The van der Waals surface area contributed by atoms with E-state index in [0.29, 0.717) is 0 Å². The molecule has 0 amide bonds. The van der Waals surface area contributed by atoms with Crippen molar-refractivity contribution in [3.8, 4) is 0 Å². The van der Waals surface area contributed by atoms with E-state index in [-0.39, 0.29) is 12.8 Å². The molecule has 0 heterocycles. The van der Waals surface area contributed by atoms with Crippen molar-refractivity contribution in [2.45, 2.75) is 76.8 Å². The third kappa shape index (κ3) is 6.02. The van der Waals surface area contributed by atoms with Gasteiger partial charge in [-0.2, -0.15) is 0 Å². The summed E-state index contributed by atoms with van der Waals surface area (Å²) in [7, 11) is 0. The fourth-order valence-corrected chi connectivity index (χ4v) is 3.78. The number of aliphatic hydroxyl groups excluding tert-OH is 1. The summed E-state index contributed by atoms with van der Waals surface area (Å²) in [4.78, 5) is 33.6. The van der Waals surface area contributed by atoms with Crippen LogP contribution in [0.5, 0.6) is 0 Å². The van der Waals surface area contributed by atoms with Crippen molar-refractivity contribution in [2.24, 2.45) is 11.3 Å². The standard InChI is InChI=1S/C19H30O9/c1-11-7-12(28-15(23)10-18(4,26)9-14(21)22)8-17(2,3)19(11,27)6-5-13(20)16(24)25/h5-6,11-13,20,26-27H,7-10H2,1-4H3,(H,21,22)(H,24,25)/b6-5+/t11-,12+,13+,18-,19-/m1/s1. The van der Waals surface area contributed by atoms with Crippen molar-refractivity contribution in [2.75, 3.05) is 0 Å². The Kier molecular flexibility index (Phi) is 7.38. The number of rotatable bonds is 8. The molecule has 1 fully saturated rings. The lowest BCUT2D eigenvalue weighted by Gasteiger charge is -2.51. The zero-order chi connectivity index (χ0) is 21.9. The predicted octanol–water partition coefficient (Wildman–Crippen LogP) is 0.703. The van der Waals surface area contributed by atoms with Crippen LogP contribution in [0.25, 0.3) is 0 Å². The molecule has 0 radical (unpaired) electrons. The molecule has 28 heavy (non-hydrogen) atoms. The lowest BCUT2D eigenvalue weighted by Crippen LogP contribution is -2.55. The topological polar surface area (TPSA) is 162 Å². The maximum Gasteiger partial charge on any atom is 0.336 e. The Labute approximate surface area is 163 Å². The van der Waals surface area contributed by atoms with E-state index in [2.05, 4.69) is 0 Å². The molecular weight excluding hydrogens is 372 g/mol. The van der Waals surface area contributed by atoms with E-state index in [1.54, 1.807) is 20.8 Å². The minimum absolute atomic E-state index is 0.258. The van der Waals surface area contributed by atoms with Gasteiger partial charge in [-0.25, -0.2) is 4.79 Å². The maximum atomic E-state index is 12.1. The van der Waals surface area contributed by atoms with Crippen LogP contribution in [0.15, 0.2) is 12.2 Å². The van der Waals surface area contributed by atoms with Gasteiger partial charge in [-0.05, 0) is 31.8 Å². The van der Waals surface area contributed by atoms with Crippen molar-refractivity contribution in [3.63, 3.8) is 0 Å². The highest BCUT2D eigenvalue weighted by Gasteiger charge is 2.52. The smallest absolute Gasteiger partial charge is 0.336 e. The minimum Gasteiger partial charge on any atom is -0.481 e. The highest BCUT2D eigenvalue weighted by molar-refractivity contribution is 5.74. The zero-order valence-corrected chi connectivity index (χ0v) is 16.6. The Hall–Kier alpha value is -1.97. The van der Waals surface area contributed by atoms with E-state index in [1.807, 2.05) is 0 Å². The number of hydrogen-bond donors (Lipinski definition) is 5. The molecule has 0 aromatic rings. The van der Waals surface area contributed by atoms with E-state index in [0.717, 1.165) is 6.08 Å². The largest absolute Gasteiger partial charge is 0.481 e. The fraction of sp³-hybridized carbons (Fsp3) is 0.737. The van der Waals surface area contributed by atoms with Crippen molar-refractivity contribution in [1.82, 2.24) is 0 Å². The van der Waals surface area contributed by atoms with Crippen LogP contribution in [-0.2, 0) is 19.1 Å². The van der Waals surface area contributed by atoms with Crippen molar-refractivity contribution >= 4 is 17.9 Å². The first-order chi connectivity index (χ1) is 12.6. The lowest BCUT2D eigenvalue weighted by atomic mass is 9.59. The summed E-state index contributed by atoms with van der Waals surface area (Å²) in [6, 6.07) is 0. The van der Waals surface area contributed by atoms with Gasteiger partial charge >= 0.3 is 17.9 Å². The van der Waals surface area contributed by atoms with E-state index < -0.39 is 65.5 Å². The Morgan fingerprint density at radius 2 is 1.82 bits per heavy atom. The highest BCUT2D eigenvalue weighted by atomic mass is 16.5. The van der Waals surface area contributed by atoms with Crippen LogP contribution in [0.4, 0.5) is 0 Å². The molecule has 1 saturated carbocycles. The van der Waals surface area contributed by atoms with Gasteiger partial charge in [0.1, 0.15) is 6.10 Å². The third-order valence-electron chi connectivity index (χ3n) is 5.33. The normalized spacial score (nSPS) is 30.4. The van der Waals surface area contributed by atoms with Crippen LogP contribution in [0, 0.1) is 11.3 Å². The number of carboxylic acid groups (broad SMARTS) is 2. The van der Waals surface area contributed by atoms with Crippen LogP contribution in [0.1, 0.15) is 53.4 Å². The molecule has 0 spiro atoms. The molecule has 1 aliphatic carbocycles. The van der Waals surface area contributed by atoms with Crippen LogP contribution in [0.2, 0.25) is 0 Å². The SMILES string of the molecule is C[C@@H]1C[C@H](OC(=O)C[C@](C)(O)CC(=O)O)CC(C)(C)[C@@]1(O)/C=C/[C@H](O)C(=O)O. The van der Waals surface area contributed by atoms with E-state index in [9.17, 15) is 29.7 Å². The van der Waals surface area contributed by atoms with Gasteiger partial charge in [0.05, 0.1) is 24.0 Å². The summed E-state index contributed by atoms with van der Waals surface area (Å²) < 4.78 is 5.40. The number of aliphatic hydroxyl groups is 3. The van der Waals surface area contributed by atoms with E-state index >= 15 is 0 Å². The van der Waals surface area contributed by atoms with Gasteiger partial charge in [0, 0.05) is 5.41 Å². The first-order valence-electron chi connectivity index (χ1n) is 9.06. The summed E-state index contributed by atoms with van der Waals surface area (Å²) in [5, 5.41) is 48.1. The lowest BCUT2D eigenvalue weighted by molar-refractivity contribution is -0.172. The van der Waals surface area contributed by atoms with E-state index in [1.165, 1.54) is 13.0 Å². The average Bonchev–Trinajstić information content (AvgIpc) is 2.47. The summed E-state index contributed by atoms with van der Waals surface area (Å²) in [6.07, 6.45) is -0.517. The second kappa shape index (κ2) is 8.59. The molecule has 1 rings (SSSR count). The molecule has 9 nitrogen and oxygen atoms in total. The number of carbonyl (C=O) groups is 3. The average molecular weight is 402 g/mol. The molecule has 0 unspecified atom stereocenters. The van der Waals surface area contributed by atoms with Gasteiger partial charge in [-0.1, -0.05) is 26.8 Å². The second-order valence-electron chi connectivity index (χ2n) is 8.55. The molecule has 5 atom stereocenters. The molecule has 160 valence electrons. The van der Waals surface area contributed by atoms with Gasteiger partial charge in [0.15, 0.2) is 6.10 Å². The van der Waals surface area contributed by atoms with Gasteiger partial charge < -0.3 is 30.3 Å². The predicted molar refractivity (Wildman–Crippen MR) is 97.3 cm³/mol. The van der Waals surface area contributed by atoms with Crippen molar-refractivity contribution in [1.29, 1.82) is 0 Å². The minimum atomic E-state index is -1.74. The quantitative estimate of drug-likeness (QED) is 0.291. The molecule has 9 heteroatoms. The Morgan fingerprint density at radius 1 is 1.25 bits per heavy atom. The fourth-order valence-electron chi connectivity index (χ4n) is 3.78. The first kappa shape index (κ1) is 24.1. The molecule has 0 saturated heterocycles. The van der Waals surface area contributed by atoms with Crippen molar-refractivity contribution < 1.29 is 44.7 Å². The maximum absolute atomic E-state index is 12.1. The third-order valence-corrected chi connectivity index (χ3v) is 5.33. The van der Waals surface area contributed by atoms with Gasteiger partial charge in [0.2, 0.25) is 0 Å².